The zero-order valence-electron chi connectivity index (χ0n) is 12.4. The van der Waals surface area contributed by atoms with E-state index < -0.39 is 10.0 Å². The van der Waals surface area contributed by atoms with Crippen LogP contribution in [-0.4, -0.2) is 43.7 Å². The van der Waals surface area contributed by atoms with Crippen molar-refractivity contribution in [3.63, 3.8) is 0 Å². The molecular formula is C14H22ClNO2S2. The zero-order valence-corrected chi connectivity index (χ0v) is 14.8. The van der Waals surface area contributed by atoms with Crippen LogP contribution in [0.3, 0.4) is 0 Å². The molecular weight excluding hydrogens is 314 g/mol. The van der Waals surface area contributed by atoms with Gasteiger partial charge in [0.2, 0.25) is 10.0 Å². The molecule has 6 heteroatoms. The maximum Gasteiger partial charge on any atom is 0.243 e. The smallest absolute Gasteiger partial charge is 0.207 e. The lowest BCUT2D eigenvalue weighted by molar-refractivity contribution is 0.487. The topological polar surface area (TPSA) is 37.4 Å². The highest BCUT2D eigenvalue weighted by Gasteiger charge is 2.24. The normalized spacial score (nSPS) is 12.1. The number of hydrogen-bond acceptors (Lipinski definition) is 3. The van der Waals surface area contributed by atoms with Gasteiger partial charge in [-0.25, -0.2) is 12.7 Å². The number of alkyl halides is 1. The Labute approximate surface area is 131 Å². The number of aryl methyl sites for hydroxylation is 3. The van der Waals surface area contributed by atoms with Gasteiger partial charge in [-0.15, -0.1) is 11.6 Å². The van der Waals surface area contributed by atoms with E-state index >= 15 is 0 Å². The van der Waals surface area contributed by atoms with Gasteiger partial charge in [0, 0.05) is 31.0 Å². The molecule has 1 rings (SSSR count). The summed E-state index contributed by atoms with van der Waals surface area (Å²) in [5, 5.41) is 0. The maximum absolute atomic E-state index is 12.6. The molecule has 0 unspecified atom stereocenters. The Kier molecular flexibility index (Phi) is 6.85. The molecule has 0 atom stereocenters. The van der Waals surface area contributed by atoms with Crippen LogP contribution in [0, 0.1) is 20.8 Å². The Balaban J connectivity index is 2.93. The molecule has 3 nitrogen and oxygen atoms in total. The third-order valence-electron chi connectivity index (χ3n) is 3.04. The van der Waals surface area contributed by atoms with Crippen molar-refractivity contribution in [3.05, 3.63) is 28.8 Å². The third kappa shape index (κ3) is 4.38. The summed E-state index contributed by atoms with van der Waals surface area (Å²) in [4.78, 5) is 0.438. The molecule has 0 saturated carbocycles. The number of benzene rings is 1. The number of rotatable bonds is 7. The first-order valence-corrected chi connectivity index (χ1v) is 9.61. The van der Waals surface area contributed by atoms with E-state index in [4.69, 9.17) is 11.6 Å². The lowest BCUT2D eigenvalue weighted by Gasteiger charge is -2.20. The molecule has 20 heavy (non-hydrogen) atoms. The van der Waals surface area contributed by atoms with E-state index in [0.717, 1.165) is 28.2 Å². The number of nitrogens with zero attached hydrogens (tertiary/aromatic N) is 1. The summed E-state index contributed by atoms with van der Waals surface area (Å²) in [5.74, 6) is 2.20. The second kappa shape index (κ2) is 7.69. The van der Waals surface area contributed by atoms with E-state index in [1.165, 1.54) is 4.31 Å². The van der Waals surface area contributed by atoms with Crippen LogP contribution in [0.25, 0.3) is 0 Å². The number of sulfonamides is 1. The van der Waals surface area contributed by atoms with E-state index in [2.05, 4.69) is 0 Å². The average Bonchev–Trinajstić information content (AvgIpc) is 2.32. The lowest BCUT2D eigenvalue weighted by Crippen LogP contribution is -2.30. The van der Waals surface area contributed by atoms with Crippen LogP contribution in [0.2, 0.25) is 0 Å². The van der Waals surface area contributed by atoms with E-state index in [9.17, 15) is 8.42 Å². The molecule has 0 amide bonds. The van der Waals surface area contributed by atoms with Gasteiger partial charge in [-0.05, 0) is 31.9 Å². The van der Waals surface area contributed by atoms with Gasteiger partial charge in [0.05, 0.1) is 4.90 Å². The van der Waals surface area contributed by atoms with Crippen molar-refractivity contribution in [2.24, 2.45) is 0 Å². The quantitative estimate of drug-likeness (QED) is 0.567. The van der Waals surface area contributed by atoms with E-state index in [-0.39, 0.29) is 0 Å². The molecule has 1 aromatic carbocycles. The molecule has 0 aliphatic rings. The minimum atomic E-state index is -3.42. The summed E-state index contributed by atoms with van der Waals surface area (Å²) in [6.07, 6.45) is 0. The van der Waals surface area contributed by atoms with Gasteiger partial charge in [0.25, 0.3) is 0 Å². The average molecular weight is 336 g/mol. The molecule has 0 aliphatic heterocycles. The van der Waals surface area contributed by atoms with Crippen molar-refractivity contribution >= 4 is 33.4 Å². The monoisotopic (exact) mass is 335 g/mol. The second-order valence-electron chi connectivity index (χ2n) is 4.86. The van der Waals surface area contributed by atoms with Gasteiger partial charge < -0.3 is 0 Å². The van der Waals surface area contributed by atoms with Crippen LogP contribution >= 0.6 is 23.4 Å². The standard InChI is InChI=1S/C14H22ClNO2S2/c1-11-9-12(2)14(13(3)10-11)20(17,18)16(4)6-8-19-7-5-15/h9-10H,5-8H2,1-4H3. The summed E-state index contributed by atoms with van der Waals surface area (Å²) < 4.78 is 26.7. The first kappa shape index (κ1) is 17.8. The summed E-state index contributed by atoms with van der Waals surface area (Å²) >= 11 is 7.27. The summed E-state index contributed by atoms with van der Waals surface area (Å²) in [7, 11) is -1.78. The van der Waals surface area contributed by atoms with Crippen molar-refractivity contribution in [3.8, 4) is 0 Å². The minimum absolute atomic E-state index is 0.438. The number of halogens is 1. The van der Waals surface area contributed by atoms with Crippen LogP contribution in [0.15, 0.2) is 17.0 Å². The molecule has 0 spiro atoms. The zero-order chi connectivity index (χ0) is 15.3. The van der Waals surface area contributed by atoms with Gasteiger partial charge in [-0.3, -0.25) is 0 Å². The largest absolute Gasteiger partial charge is 0.243 e. The Morgan fingerprint density at radius 1 is 1.15 bits per heavy atom. The van der Waals surface area contributed by atoms with Crippen molar-refractivity contribution in [2.75, 3.05) is 31.0 Å². The number of thioether (sulfide) groups is 1. The highest BCUT2D eigenvalue weighted by Crippen LogP contribution is 2.24. The number of hydrogen-bond donors (Lipinski definition) is 0. The first-order valence-electron chi connectivity index (χ1n) is 6.48. The van der Waals surface area contributed by atoms with Crippen molar-refractivity contribution in [2.45, 2.75) is 25.7 Å². The van der Waals surface area contributed by atoms with Crippen molar-refractivity contribution in [1.82, 2.24) is 4.31 Å². The Hall–Kier alpha value is -0.230. The predicted octanol–water partition coefficient (Wildman–Crippen LogP) is 3.20. The Morgan fingerprint density at radius 2 is 1.70 bits per heavy atom. The van der Waals surface area contributed by atoms with Crippen LogP contribution in [0.4, 0.5) is 0 Å². The molecule has 0 bridgehead atoms. The fourth-order valence-electron chi connectivity index (χ4n) is 2.20. The van der Waals surface area contributed by atoms with Gasteiger partial charge in [-0.2, -0.15) is 11.8 Å². The molecule has 0 saturated heterocycles. The molecule has 0 aliphatic carbocycles. The van der Waals surface area contributed by atoms with E-state index in [1.54, 1.807) is 18.8 Å². The van der Waals surface area contributed by atoms with Crippen LogP contribution in [0.1, 0.15) is 16.7 Å². The summed E-state index contributed by atoms with van der Waals surface area (Å²) in [5.41, 5.74) is 2.70. The molecule has 0 N–H and O–H groups in total. The van der Waals surface area contributed by atoms with Crippen molar-refractivity contribution < 1.29 is 8.42 Å². The third-order valence-corrected chi connectivity index (χ3v) is 6.59. The highest BCUT2D eigenvalue weighted by molar-refractivity contribution is 7.99. The Morgan fingerprint density at radius 3 is 2.20 bits per heavy atom. The van der Waals surface area contributed by atoms with Crippen LogP contribution in [-0.2, 0) is 10.0 Å². The van der Waals surface area contributed by atoms with Gasteiger partial charge in [0.1, 0.15) is 0 Å². The Bertz CT molecular complexity index is 535. The fourth-order valence-corrected chi connectivity index (χ4v) is 4.93. The SMILES string of the molecule is Cc1cc(C)c(S(=O)(=O)N(C)CCSCCCl)c(C)c1. The molecule has 0 radical (unpaired) electrons. The van der Waals surface area contributed by atoms with Crippen LogP contribution in [0.5, 0.6) is 0 Å². The van der Waals surface area contributed by atoms with Gasteiger partial charge >= 0.3 is 0 Å². The fraction of sp³-hybridized carbons (Fsp3) is 0.571. The molecule has 0 aromatic heterocycles. The highest BCUT2D eigenvalue weighted by atomic mass is 35.5. The van der Waals surface area contributed by atoms with E-state index in [1.807, 2.05) is 32.9 Å². The lowest BCUT2D eigenvalue weighted by atomic mass is 10.1. The first-order chi connectivity index (χ1) is 9.30. The minimum Gasteiger partial charge on any atom is -0.207 e. The predicted molar refractivity (Wildman–Crippen MR) is 88.5 cm³/mol. The second-order valence-corrected chi connectivity index (χ2v) is 8.44. The van der Waals surface area contributed by atoms with Gasteiger partial charge in [0.15, 0.2) is 0 Å². The van der Waals surface area contributed by atoms with E-state index in [0.29, 0.717) is 17.3 Å². The molecule has 1 aromatic rings. The summed E-state index contributed by atoms with van der Waals surface area (Å²) in [6.45, 7) is 6.17. The summed E-state index contributed by atoms with van der Waals surface area (Å²) in [6, 6.07) is 3.83. The van der Waals surface area contributed by atoms with Crippen LogP contribution < -0.4 is 0 Å². The van der Waals surface area contributed by atoms with Gasteiger partial charge in [-0.1, -0.05) is 17.7 Å². The molecule has 0 heterocycles. The van der Waals surface area contributed by atoms with Crippen molar-refractivity contribution in [1.29, 1.82) is 0 Å². The molecule has 0 fully saturated rings. The maximum atomic E-state index is 12.6. The molecule has 114 valence electrons.